The molecule has 0 bridgehead atoms. The maximum Gasteiger partial charge on any atom is 0.227 e. The van der Waals surface area contributed by atoms with E-state index in [-0.39, 0.29) is 5.91 Å². The predicted molar refractivity (Wildman–Crippen MR) is 106 cm³/mol. The van der Waals surface area contributed by atoms with Crippen LogP contribution in [0, 0.1) is 10.5 Å². The summed E-state index contributed by atoms with van der Waals surface area (Å²) >= 11 is 8.41. The lowest BCUT2D eigenvalue weighted by Gasteiger charge is -2.05. The fourth-order valence-electron chi connectivity index (χ4n) is 2.38. The Morgan fingerprint density at radius 2 is 2.08 bits per heavy atom. The number of nitrogens with zero attached hydrogens (tertiary/aromatic N) is 4. The quantitative estimate of drug-likeness (QED) is 0.560. The third-order valence-corrected chi connectivity index (χ3v) is 5.09. The van der Waals surface area contributed by atoms with Crippen molar-refractivity contribution in [1.82, 2.24) is 19.6 Å². The molecule has 0 fully saturated rings. The number of halogens is 2. The Morgan fingerprint density at radius 1 is 1.32 bits per heavy atom. The van der Waals surface area contributed by atoms with Gasteiger partial charge in [-0.3, -0.25) is 14.2 Å². The van der Waals surface area contributed by atoms with Crippen molar-refractivity contribution in [1.29, 1.82) is 0 Å². The highest BCUT2D eigenvalue weighted by molar-refractivity contribution is 14.1. The third kappa shape index (κ3) is 4.60. The lowest BCUT2D eigenvalue weighted by atomic mass is 10.2. The molecule has 3 rings (SSSR count). The van der Waals surface area contributed by atoms with Gasteiger partial charge in [-0.05, 0) is 35.1 Å². The van der Waals surface area contributed by atoms with E-state index in [4.69, 9.17) is 11.6 Å². The Balaban J connectivity index is 1.59. The standard InChI is InChI=1S/C17H17ClIN5O/c1-12-15(19)9-20-24(12)8-7-16(25)21-17-14(18)11-23(22-17)10-13-5-3-2-4-6-13/h2-6,9,11H,7-8,10H2,1H3,(H,21,22,25). The molecule has 0 saturated carbocycles. The maximum atomic E-state index is 12.2. The topological polar surface area (TPSA) is 64.7 Å². The Hall–Kier alpha value is -1.87. The van der Waals surface area contributed by atoms with Crippen LogP contribution in [0.2, 0.25) is 5.02 Å². The number of nitrogens with one attached hydrogen (secondary N) is 1. The van der Waals surface area contributed by atoms with E-state index in [9.17, 15) is 4.79 Å². The Morgan fingerprint density at radius 3 is 2.76 bits per heavy atom. The van der Waals surface area contributed by atoms with E-state index in [0.29, 0.717) is 30.4 Å². The van der Waals surface area contributed by atoms with Crippen molar-refractivity contribution in [3.05, 3.63) is 62.6 Å². The molecular formula is C17H17ClIN5O. The van der Waals surface area contributed by atoms with Gasteiger partial charge in [0.1, 0.15) is 5.02 Å². The van der Waals surface area contributed by atoms with E-state index < -0.39 is 0 Å². The van der Waals surface area contributed by atoms with Crippen LogP contribution in [0.1, 0.15) is 17.7 Å². The number of carbonyl (C=O) groups is 1. The number of carbonyl (C=O) groups excluding carboxylic acids is 1. The molecule has 0 aliphatic carbocycles. The predicted octanol–water partition coefficient (Wildman–Crippen LogP) is 3.72. The van der Waals surface area contributed by atoms with Crippen LogP contribution in [0.4, 0.5) is 5.82 Å². The van der Waals surface area contributed by atoms with Crippen molar-refractivity contribution in [2.75, 3.05) is 5.32 Å². The molecule has 0 unspecified atom stereocenters. The van der Waals surface area contributed by atoms with E-state index >= 15 is 0 Å². The first-order valence-corrected chi connectivity index (χ1v) is 9.23. The molecule has 1 amide bonds. The van der Waals surface area contributed by atoms with Crippen LogP contribution >= 0.6 is 34.2 Å². The second-order valence-corrected chi connectivity index (χ2v) is 7.18. The van der Waals surface area contributed by atoms with Crippen molar-refractivity contribution >= 4 is 45.9 Å². The van der Waals surface area contributed by atoms with Gasteiger partial charge in [0.15, 0.2) is 5.82 Å². The van der Waals surface area contributed by atoms with Gasteiger partial charge in [-0.15, -0.1) is 0 Å². The van der Waals surface area contributed by atoms with Gasteiger partial charge in [-0.2, -0.15) is 10.2 Å². The largest absolute Gasteiger partial charge is 0.308 e. The number of rotatable bonds is 6. The van der Waals surface area contributed by atoms with Crippen LogP contribution in [-0.2, 0) is 17.9 Å². The summed E-state index contributed by atoms with van der Waals surface area (Å²) in [5.41, 5.74) is 2.17. The summed E-state index contributed by atoms with van der Waals surface area (Å²) in [7, 11) is 0. The lowest BCUT2D eigenvalue weighted by Crippen LogP contribution is -2.16. The van der Waals surface area contributed by atoms with E-state index in [1.807, 2.05) is 41.9 Å². The molecule has 0 aliphatic heterocycles. The van der Waals surface area contributed by atoms with Crippen molar-refractivity contribution in [2.24, 2.45) is 0 Å². The summed E-state index contributed by atoms with van der Waals surface area (Å²) in [5, 5.41) is 11.8. The summed E-state index contributed by atoms with van der Waals surface area (Å²) in [6, 6.07) is 9.94. The molecule has 2 heterocycles. The maximum absolute atomic E-state index is 12.2. The van der Waals surface area contributed by atoms with Crippen molar-refractivity contribution in [2.45, 2.75) is 26.4 Å². The zero-order valence-electron chi connectivity index (χ0n) is 13.6. The van der Waals surface area contributed by atoms with E-state index in [2.05, 4.69) is 38.1 Å². The number of amides is 1. The minimum Gasteiger partial charge on any atom is -0.308 e. The molecule has 8 heteroatoms. The van der Waals surface area contributed by atoms with E-state index in [1.165, 1.54) is 0 Å². The molecule has 0 spiro atoms. The molecule has 1 N–H and O–H groups in total. The molecule has 2 aromatic heterocycles. The molecule has 0 aliphatic rings. The van der Waals surface area contributed by atoms with Crippen molar-refractivity contribution in [3.8, 4) is 0 Å². The van der Waals surface area contributed by atoms with Crippen LogP contribution in [0.15, 0.2) is 42.7 Å². The minimum absolute atomic E-state index is 0.142. The number of hydrogen-bond donors (Lipinski definition) is 1. The van der Waals surface area contributed by atoms with Gasteiger partial charge in [0, 0.05) is 18.3 Å². The fraction of sp³-hybridized carbons (Fsp3) is 0.235. The summed E-state index contributed by atoms with van der Waals surface area (Å²) in [5.74, 6) is 0.242. The molecule has 25 heavy (non-hydrogen) atoms. The normalized spacial score (nSPS) is 10.8. The number of hydrogen-bond acceptors (Lipinski definition) is 3. The second-order valence-electron chi connectivity index (χ2n) is 5.61. The summed E-state index contributed by atoms with van der Waals surface area (Å²) in [6.45, 7) is 3.10. The number of aryl methyl sites for hydroxylation is 1. The summed E-state index contributed by atoms with van der Waals surface area (Å²) in [6.07, 6.45) is 3.81. The van der Waals surface area contributed by atoms with Gasteiger partial charge in [-0.1, -0.05) is 41.9 Å². The van der Waals surface area contributed by atoms with Crippen LogP contribution in [0.3, 0.4) is 0 Å². The Bertz CT molecular complexity index is 875. The number of benzene rings is 1. The Labute approximate surface area is 164 Å². The minimum atomic E-state index is -0.142. The molecular weight excluding hydrogens is 453 g/mol. The molecule has 6 nitrogen and oxygen atoms in total. The molecule has 1 aromatic carbocycles. The molecule has 0 saturated heterocycles. The number of aromatic nitrogens is 4. The van der Waals surface area contributed by atoms with E-state index in [0.717, 1.165) is 14.8 Å². The first-order chi connectivity index (χ1) is 12.0. The summed E-state index contributed by atoms with van der Waals surface area (Å²) < 4.78 is 4.62. The molecule has 0 radical (unpaired) electrons. The highest BCUT2D eigenvalue weighted by Crippen LogP contribution is 2.20. The van der Waals surface area contributed by atoms with Crippen molar-refractivity contribution in [3.63, 3.8) is 0 Å². The van der Waals surface area contributed by atoms with Crippen molar-refractivity contribution < 1.29 is 4.79 Å². The average Bonchev–Trinajstić information content (AvgIpc) is 3.09. The highest BCUT2D eigenvalue weighted by Gasteiger charge is 2.12. The first kappa shape index (κ1) is 17.9. The van der Waals surface area contributed by atoms with Gasteiger partial charge in [0.05, 0.1) is 22.9 Å². The monoisotopic (exact) mass is 469 g/mol. The van der Waals surface area contributed by atoms with Crippen LogP contribution in [0.25, 0.3) is 0 Å². The first-order valence-electron chi connectivity index (χ1n) is 7.77. The second kappa shape index (κ2) is 8.01. The average molecular weight is 470 g/mol. The SMILES string of the molecule is Cc1c(I)cnn1CCC(=O)Nc1nn(Cc2ccccc2)cc1Cl. The fourth-order valence-corrected chi connectivity index (χ4v) is 2.99. The molecule has 3 aromatic rings. The van der Waals surface area contributed by atoms with Gasteiger partial charge >= 0.3 is 0 Å². The highest BCUT2D eigenvalue weighted by atomic mass is 127. The zero-order chi connectivity index (χ0) is 17.8. The zero-order valence-corrected chi connectivity index (χ0v) is 16.5. The van der Waals surface area contributed by atoms with Gasteiger partial charge < -0.3 is 5.32 Å². The van der Waals surface area contributed by atoms with Crippen LogP contribution in [0.5, 0.6) is 0 Å². The summed E-state index contributed by atoms with van der Waals surface area (Å²) in [4.78, 5) is 12.2. The molecule has 130 valence electrons. The van der Waals surface area contributed by atoms with Gasteiger partial charge in [0.25, 0.3) is 0 Å². The number of anilines is 1. The third-order valence-electron chi connectivity index (χ3n) is 3.76. The van der Waals surface area contributed by atoms with Gasteiger partial charge in [0.2, 0.25) is 5.91 Å². The lowest BCUT2D eigenvalue weighted by molar-refractivity contribution is -0.116. The Kier molecular flexibility index (Phi) is 5.74. The smallest absolute Gasteiger partial charge is 0.227 e. The van der Waals surface area contributed by atoms with Gasteiger partial charge in [-0.25, -0.2) is 0 Å². The van der Waals surface area contributed by atoms with E-state index in [1.54, 1.807) is 17.1 Å². The molecule has 0 atom stereocenters. The van der Waals surface area contributed by atoms with Crippen LogP contribution in [-0.4, -0.2) is 25.5 Å². The van der Waals surface area contributed by atoms with Crippen LogP contribution < -0.4 is 5.32 Å².